The molecule has 3 nitrogen and oxygen atoms in total. The Bertz CT molecular complexity index is 2420. The van der Waals surface area contributed by atoms with Gasteiger partial charge >= 0.3 is 0 Å². The summed E-state index contributed by atoms with van der Waals surface area (Å²) < 4.78 is 0. The number of fused-ring (bicyclic) bond motifs is 6. The van der Waals surface area contributed by atoms with Crippen molar-refractivity contribution in [3.05, 3.63) is 169 Å². The highest BCUT2D eigenvalue weighted by Gasteiger charge is 2.49. The molecule has 3 aliphatic heterocycles. The van der Waals surface area contributed by atoms with Crippen molar-refractivity contribution < 1.29 is 0 Å². The Morgan fingerprint density at radius 2 is 0.941 bits per heavy atom. The average Bonchev–Trinajstić information content (AvgIpc) is 3.17. The fourth-order valence-electron chi connectivity index (χ4n) is 9.41. The van der Waals surface area contributed by atoms with Gasteiger partial charge in [0.2, 0.25) is 0 Å². The van der Waals surface area contributed by atoms with Gasteiger partial charge in [0.15, 0.2) is 8.07 Å². The first kappa shape index (κ1) is 30.1. The van der Waals surface area contributed by atoms with E-state index in [2.05, 4.69) is 200 Å². The normalized spacial score (nSPS) is 14.7. The molecule has 0 aliphatic carbocycles. The van der Waals surface area contributed by atoms with Crippen molar-refractivity contribution in [1.82, 2.24) is 0 Å². The second-order valence-corrected chi connectivity index (χ2v) is 18.2. The van der Waals surface area contributed by atoms with Crippen LogP contribution in [-0.4, -0.2) is 28.9 Å². The predicted molar refractivity (Wildman–Crippen MR) is 221 cm³/mol. The van der Waals surface area contributed by atoms with Gasteiger partial charge in [-0.15, -0.1) is 0 Å². The van der Waals surface area contributed by atoms with Crippen molar-refractivity contribution >= 4 is 91.7 Å². The fraction of sp³-hybridized carbons (Fsp3) is 0.0870. The molecule has 3 heterocycles. The molecule has 7 aromatic carbocycles. The molecule has 51 heavy (non-hydrogen) atoms. The van der Waals surface area contributed by atoms with E-state index < -0.39 is 8.07 Å². The van der Waals surface area contributed by atoms with E-state index in [0.29, 0.717) is 0 Å². The van der Waals surface area contributed by atoms with E-state index in [4.69, 9.17) is 0 Å². The number of benzene rings is 7. The van der Waals surface area contributed by atoms with Gasteiger partial charge in [-0.05, 0) is 93.4 Å². The van der Waals surface area contributed by atoms with Crippen molar-refractivity contribution in [2.24, 2.45) is 0 Å². The molecule has 0 amide bonds. The maximum absolute atomic E-state index is 2.72. The fourth-order valence-corrected chi connectivity index (χ4v) is 14.7. The van der Waals surface area contributed by atoms with E-state index in [1.54, 1.807) is 0 Å². The van der Waals surface area contributed by atoms with Gasteiger partial charge in [-0.25, -0.2) is 0 Å². The van der Waals surface area contributed by atoms with E-state index in [9.17, 15) is 0 Å². The van der Waals surface area contributed by atoms with Crippen LogP contribution in [0.4, 0.5) is 39.8 Å². The summed E-state index contributed by atoms with van der Waals surface area (Å²) in [7, 11) is 1.72. The molecular weight excluding hydrogens is 633 g/mol. The van der Waals surface area contributed by atoms with Crippen LogP contribution in [0.25, 0.3) is 0 Å². The molecular formula is C46H38BN3Si. The number of hydrogen-bond acceptors (Lipinski definition) is 3. The molecule has 0 radical (unpaired) electrons. The van der Waals surface area contributed by atoms with E-state index in [-0.39, 0.29) is 6.71 Å². The first-order chi connectivity index (χ1) is 25.0. The van der Waals surface area contributed by atoms with Gasteiger partial charge in [0, 0.05) is 53.9 Å². The van der Waals surface area contributed by atoms with Crippen molar-refractivity contribution in [3.8, 4) is 0 Å². The molecule has 0 saturated carbocycles. The summed E-state index contributed by atoms with van der Waals surface area (Å²) in [4.78, 5) is 7.32. The Morgan fingerprint density at radius 3 is 1.55 bits per heavy atom. The van der Waals surface area contributed by atoms with E-state index in [1.807, 2.05) is 0 Å². The third-order valence-electron chi connectivity index (χ3n) is 11.6. The Kier molecular flexibility index (Phi) is 6.55. The molecule has 3 aliphatic rings. The molecule has 10 rings (SSSR count). The maximum Gasteiger partial charge on any atom is 0.252 e. The van der Waals surface area contributed by atoms with E-state index in [0.717, 1.165) is 0 Å². The minimum atomic E-state index is -2.72. The number of para-hydroxylation sites is 1. The molecule has 7 aromatic rings. The Hall–Kier alpha value is -5.78. The van der Waals surface area contributed by atoms with Crippen LogP contribution in [0, 0.1) is 13.8 Å². The summed E-state index contributed by atoms with van der Waals surface area (Å²) >= 11 is 0. The van der Waals surface area contributed by atoms with Gasteiger partial charge in [0.25, 0.3) is 6.71 Å². The van der Waals surface area contributed by atoms with Crippen molar-refractivity contribution in [2.45, 2.75) is 13.8 Å². The number of hydrogen-bond donors (Lipinski definition) is 0. The molecule has 0 N–H and O–H groups in total. The number of aryl methyl sites for hydroxylation is 2. The Morgan fingerprint density at radius 1 is 0.431 bits per heavy atom. The maximum atomic E-state index is 2.54. The summed E-state index contributed by atoms with van der Waals surface area (Å²) in [6.45, 7) is 4.65. The second kappa shape index (κ2) is 11.1. The lowest BCUT2D eigenvalue weighted by Gasteiger charge is -2.46. The minimum Gasteiger partial charge on any atom is -0.345 e. The summed E-state index contributed by atoms with van der Waals surface area (Å²) in [5, 5.41) is 5.69. The lowest BCUT2D eigenvalue weighted by Crippen LogP contribution is -2.77. The second-order valence-electron chi connectivity index (χ2n) is 14.4. The zero-order chi connectivity index (χ0) is 34.4. The van der Waals surface area contributed by atoms with Gasteiger partial charge < -0.3 is 14.7 Å². The third-order valence-corrected chi connectivity index (χ3v) is 16.4. The van der Waals surface area contributed by atoms with Crippen LogP contribution >= 0.6 is 0 Å². The molecule has 0 aromatic heterocycles. The van der Waals surface area contributed by atoms with Crippen molar-refractivity contribution in [1.29, 1.82) is 0 Å². The first-order valence-electron chi connectivity index (χ1n) is 17.9. The zero-order valence-corrected chi connectivity index (χ0v) is 30.4. The summed E-state index contributed by atoms with van der Waals surface area (Å²) in [6.07, 6.45) is 0. The van der Waals surface area contributed by atoms with Gasteiger partial charge in [0.05, 0.1) is 0 Å². The topological polar surface area (TPSA) is 9.72 Å². The van der Waals surface area contributed by atoms with Crippen LogP contribution in [0.3, 0.4) is 0 Å². The SMILES string of the molecule is Cc1ccc2c(c1)[Si](c1ccccc1)(c1ccccc1)c1cc(C)ccc1N2c1ccc2c(c1)N(C)c1cccc3c1B2c1ccccc1N3C. The van der Waals surface area contributed by atoms with Crippen LogP contribution in [-0.2, 0) is 0 Å². The van der Waals surface area contributed by atoms with Gasteiger partial charge in [-0.1, -0.05) is 126 Å². The number of anilines is 7. The number of nitrogens with zero attached hydrogens (tertiary/aromatic N) is 3. The number of rotatable bonds is 3. The molecule has 0 unspecified atom stereocenters. The Balaban J connectivity index is 1.24. The molecule has 0 bridgehead atoms. The highest BCUT2D eigenvalue weighted by molar-refractivity contribution is 7.21. The summed E-state index contributed by atoms with van der Waals surface area (Å²) in [5.41, 5.74) is 15.5. The van der Waals surface area contributed by atoms with Crippen LogP contribution in [0.1, 0.15) is 11.1 Å². The predicted octanol–water partition coefficient (Wildman–Crippen LogP) is 6.14. The lowest BCUT2D eigenvalue weighted by atomic mass is 9.33. The Labute approximate surface area is 302 Å². The summed E-state index contributed by atoms with van der Waals surface area (Å²) in [5.74, 6) is 0. The van der Waals surface area contributed by atoms with Crippen molar-refractivity contribution in [2.75, 3.05) is 28.8 Å². The third kappa shape index (κ3) is 4.13. The summed E-state index contributed by atoms with van der Waals surface area (Å²) in [6, 6.07) is 59.8. The molecule has 0 fully saturated rings. The van der Waals surface area contributed by atoms with Gasteiger partial charge in [-0.3, -0.25) is 0 Å². The van der Waals surface area contributed by atoms with E-state index >= 15 is 0 Å². The standard InChI is InChI=1S/C46H38BN3Si/c1-31-22-26-39-44(28-31)51(34-14-7-5-8-15-34,35-16-9-6-10-17-35)45-29-32(2)23-27-40(45)50(39)33-24-25-37-43(30-33)49(4)42-21-13-20-41-46(42)47(37)36-18-11-12-19-38(36)48(41)3/h5-30H,1-4H3. The first-order valence-corrected chi connectivity index (χ1v) is 19.9. The van der Waals surface area contributed by atoms with E-state index in [1.165, 1.54) is 88.1 Å². The van der Waals surface area contributed by atoms with Crippen molar-refractivity contribution in [3.63, 3.8) is 0 Å². The largest absolute Gasteiger partial charge is 0.345 e. The van der Waals surface area contributed by atoms with Crippen LogP contribution in [0.2, 0.25) is 0 Å². The minimum absolute atomic E-state index is 0.172. The monoisotopic (exact) mass is 671 g/mol. The highest BCUT2D eigenvalue weighted by atomic mass is 28.3. The van der Waals surface area contributed by atoms with Crippen LogP contribution in [0.15, 0.2) is 158 Å². The highest BCUT2D eigenvalue weighted by Crippen LogP contribution is 2.42. The molecule has 0 atom stereocenters. The van der Waals surface area contributed by atoms with Gasteiger partial charge in [-0.2, -0.15) is 0 Å². The molecule has 244 valence electrons. The molecule has 5 heteroatoms. The van der Waals surface area contributed by atoms with Crippen LogP contribution < -0.4 is 51.8 Å². The molecule has 0 spiro atoms. The quantitative estimate of drug-likeness (QED) is 0.209. The van der Waals surface area contributed by atoms with Gasteiger partial charge in [0.1, 0.15) is 0 Å². The average molecular weight is 672 g/mol. The lowest BCUT2D eigenvalue weighted by molar-refractivity contribution is 1.18. The zero-order valence-electron chi connectivity index (χ0n) is 29.4. The smallest absolute Gasteiger partial charge is 0.252 e. The van der Waals surface area contributed by atoms with Crippen LogP contribution in [0.5, 0.6) is 0 Å². The molecule has 0 saturated heterocycles.